The number of piperidine rings is 1. The van der Waals surface area contributed by atoms with E-state index in [0.717, 1.165) is 38.0 Å². The minimum atomic E-state index is 0.0125. The molecule has 3 nitrogen and oxygen atoms in total. The normalized spacial score (nSPS) is 47.7. The lowest BCUT2D eigenvalue weighted by Crippen LogP contribution is -2.62. The van der Waals surface area contributed by atoms with Gasteiger partial charge in [-0.3, -0.25) is 9.59 Å². The van der Waals surface area contributed by atoms with Crippen molar-refractivity contribution in [3.8, 4) is 0 Å². The highest BCUT2D eigenvalue weighted by atomic mass is 16.1. The molecular formula is C19H27NO2. The Morgan fingerprint density at radius 2 is 1.82 bits per heavy atom. The summed E-state index contributed by atoms with van der Waals surface area (Å²) in [6.45, 7) is 4.68. The Morgan fingerprint density at radius 1 is 1.00 bits per heavy atom. The third-order valence-corrected chi connectivity index (χ3v) is 7.46. The van der Waals surface area contributed by atoms with Gasteiger partial charge in [0.05, 0.1) is 0 Å². The van der Waals surface area contributed by atoms with Crippen LogP contribution in [-0.4, -0.2) is 17.2 Å². The Labute approximate surface area is 132 Å². The Bertz CT molecular complexity index is 566. The third-order valence-electron chi connectivity index (χ3n) is 7.46. The minimum absolute atomic E-state index is 0.0125. The predicted octanol–water partition coefficient (Wildman–Crippen LogP) is 3.39. The molecule has 5 atom stereocenters. The first-order valence-corrected chi connectivity index (χ1v) is 8.97. The molecule has 0 aromatic rings. The topological polar surface area (TPSA) is 46.2 Å². The molecule has 22 heavy (non-hydrogen) atoms. The summed E-state index contributed by atoms with van der Waals surface area (Å²) in [7, 11) is 0. The van der Waals surface area contributed by atoms with E-state index in [9.17, 15) is 9.59 Å². The molecule has 4 rings (SSSR count). The first-order valence-electron chi connectivity index (χ1n) is 8.97. The summed E-state index contributed by atoms with van der Waals surface area (Å²) in [5, 5.41) is 3.31. The van der Waals surface area contributed by atoms with Crippen LogP contribution in [0.1, 0.15) is 65.2 Å². The van der Waals surface area contributed by atoms with E-state index in [1.54, 1.807) is 0 Å². The van der Waals surface area contributed by atoms with Crippen LogP contribution in [0.25, 0.3) is 0 Å². The molecule has 120 valence electrons. The quantitative estimate of drug-likeness (QED) is 0.745. The Hall–Kier alpha value is -1.12. The van der Waals surface area contributed by atoms with Gasteiger partial charge in [0.1, 0.15) is 0 Å². The van der Waals surface area contributed by atoms with Crippen molar-refractivity contribution >= 4 is 11.7 Å². The number of carbonyl (C=O) groups excluding carboxylic acids is 2. The van der Waals surface area contributed by atoms with Crippen LogP contribution in [0.5, 0.6) is 0 Å². The van der Waals surface area contributed by atoms with Crippen molar-refractivity contribution in [2.24, 2.45) is 23.2 Å². The van der Waals surface area contributed by atoms with Gasteiger partial charge in [-0.25, -0.2) is 0 Å². The van der Waals surface area contributed by atoms with E-state index in [-0.39, 0.29) is 16.9 Å². The number of carbonyl (C=O) groups is 2. The average Bonchev–Trinajstić information content (AvgIpc) is 2.46. The second-order valence-corrected chi connectivity index (χ2v) is 8.51. The fourth-order valence-corrected chi connectivity index (χ4v) is 6.23. The number of fused-ring (bicyclic) bond motifs is 5. The van der Waals surface area contributed by atoms with Gasteiger partial charge in [0.2, 0.25) is 5.91 Å². The molecule has 4 aliphatic rings. The summed E-state index contributed by atoms with van der Waals surface area (Å²) >= 11 is 0. The highest BCUT2D eigenvalue weighted by molar-refractivity contribution is 5.91. The van der Waals surface area contributed by atoms with Crippen LogP contribution in [0.3, 0.4) is 0 Å². The van der Waals surface area contributed by atoms with Gasteiger partial charge in [-0.2, -0.15) is 0 Å². The third kappa shape index (κ3) is 1.93. The molecule has 0 aromatic heterocycles. The Kier molecular flexibility index (Phi) is 3.08. The monoisotopic (exact) mass is 301 g/mol. The number of nitrogens with one attached hydrogen (secondary N) is 1. The van der Waals surface area contributed by atoms with Crippen molar-refractivity contribution in [1.29, 1.82) is 0 Å². The van der Waals surface area contributed by atoms with Crippen LogP contribution in [0, 0.1) is 23.2 Å². The fourth-order valence-electron chi connectivity index (χ4n) is 6.23. The molecule has 3 heteroatoms. The highest BCUT2D eigenvalue weighted by Crippen LogP contribution is 2.60. The smallest absolute Gasteiger partial charge is 0.220 e. The fraction of sp³-hybridized carbons (Fsp3) is 0.789. The SMILES string of the molecule is C[C@]12CC[C@@H]3[C@H](CCC4=CC(=O)CC[C@]43C)[C@H]1CCC(=O)N2. The Balaban J connectivity index is 1.67. The second-order valence-electron chi connectivity index (χ2n) is 8.51. The van der Waals surface area contributed by atoms with Crippen LogP contribution >= 0.6 is 0 Å². The number of amides is 1. The zero-order valence-corrected chi connectivity index (χ0v) is 13.8. The molecule has 1 saturated heterocycles. The van der Waals surface area contributed by atoms with Crippen LogP contribution in [0.4, 0.5) is 0 Å². The van der Waals surface area contributed by atoms with Crippen molar-refractivity contribution in [3.05, 3.63) is 11.6 Å². The standard InChI is InChI=1S/C19H27NO2/c1-18-9-7-13(21)11-12(18)3-4-14-15(18)8-10-19(2)16(14)5-6-17(22)20-19/h11,14-16H,3-10H2,1-2H3,(H,20,22)/t14-,15+,16+,18+,19-/m0/s1. The van der Waals surface area contributed by atoms with Gasteiger partial charge in [-0.05, 0) is 74.7 Å². The molecule has 2 saturated carbocycles. The molecule has 0 aromatic carbocycles. The molecule has 3 fully saturated rings. The van der Waals surface area contributed by atoms with Crippen LogP contribution in [-0.2, 0) is 9.59 Å². The first-order chi connectivity index (χ1) is 10.4. The largest absolute Gasteiger partial charge is 0.351 e. The number of hydrogen-bond acceptors (Lipinski definition) is 2. The zero-order chi connectivity index (χ0) is 15.5. The first kappa shape index (κ1) is 14.5. The van der Waals surface area contributed by atoms with Crippen molar-refractivity contribution in [1.82, 2.24) is 5.32 Å². The molecule has 0 radical (unpaired) electrons. The molecule has 1 N–H and O–H groups in total. The molecule has 0 spiro atoms. The van der Waals surface area contributed by atoms with E-state index >= 15 is 0 Å². The zero-order valence-electron chi connectivity index (χ0n) is 13.8. The minimum Gasteiger partial charge on any atom is -0.351 e. The second kappa shape index (κ2) is 4.69. The maximum atomic E-state index is 11.9. The van der Waals surface area contributed by atoms with Crippen molar-refractivity contribution in [3.63, 3.8) is 0 Å². The lowest BCUT2D eigenvalue weighted by molar-refractivity contribution is -0.132. The molecule has 1 heterocycles. The lowest BCUT2D eigenvalue weighted by Gasteiger charge is -2.59. The van der Waals surface area contributed by atoms with E-state index in [2.05, 4.69) is 19.2 Å². The van der Waals surface area contributed by atoms with Crippen molar-refractivity contribution in [2.75, 3.05) is 0 Å². The molecular weight excluding hydrogens is 274 g/mol. The van der Waals surface area contributed by atoms with E-state index < -0.39 is 0 Å². The van der Waals surface area contributed by atoms with Gasteiger partial charge in [-0.1, -0.05) is 12.5 Å². The number of rotatable bonds is 0. The Morgan fingerprint density at radius 3 is 2.64 bits per heavy atom. The van der Waals surface area contributed by atoms with Gasteiger partial charge in [0.15, 0.2) is 5.78 Å². The van der Waals surface area contributed by atoms with Gasteiger partial charge >= 0.3 is 0 Å². The van der Waals surface area contributed by atoms with E-state index in [1.165, 1.54) is 18.4 Å². The highest BCUT2D eigenvalue weighted by Gasteiger charge is 2.56. The summed E-state index contributed by atoms with van der Waals surface area (Å²) in [5.74, 6) is 2.61. The summed E-state index contributed by atoms with van der Waals surface area (Å²) in [4.78, 5) is 23.7. The molecule has 1 amide bonds. The summed E-state index contributed by atoms with van der Waals surface area (Å²) in [5.41, 5.74) is 1.67. The van der Waals surface area contributed by atoms with Crippen molar-refractivity contribution in [2.45, 2.75) is 70.8 Å². The lowest BCUT2D eigenvalue weighted by atomic mass is 9.47. The van der Waals surface area contributed by atoms with Crippen LogP contribution in [0.15, 0.2) is 11.6 Å². The summed E-state index contributed by atoms with van der Waals surface area (Å²) < 4.78 is 0. The molecule has 3 aliphatic carbocycles. The van der Waals surface area contributed by atoms with Crippen LogP contribution < -0.4 is 5.32 Å². The predicted molar refractivity (Wildman–Crippen MR) is 85.2 cm³/mol. The van der Waals surface area contributed by atoms with Gasteiger partial charge in [0.25, 0.3) is 0 Å². The van der Waals surface area contributed by atoms with E-state index in [0.29, 0.717) is 24.0 Å². The van der Waals surface area contributed by atoms with Crippen molar-refractivity contribution < 1.29 is 9.59 Å². The van der Waals surface area contributed by atoms with E-state index in [4.69, 9.17) is 0 Å². The number of hydrogen-bond donors (Lipinski definition) is 1. The number of ketones is 1. The van der Waals surface area contributed by atoms with Gasteiger partial charge in [0, 0.05) is 18.4 Å². The maximum Gasteiger partial charge on any atom is 0.220 e. The molecule has 0 unspecified atom stereocenters. The maximum absolute atomic E-state index is 11.9. The van der Waals surface area contributed by atoms with Gasteiger partial charge in [-0.15, -0.1) is 0 Å². The summed E-state index contributed by atoms with van der Waals surface area (Å²) in [6.07, 6.45) is 10.1. The van der Waals surface area contributed by atoms with E-state index in [1.807, 2.05) is 6.08 Å². The molecule has 0 bridgehead atoms. The average molecular weight is 301 g/mol. The summed E-state index contributed by atoms with van der Waals surface area (Å²) in [6, 6.07) is 0. The van der Waals surface area contributed by atoms with Crippen LogP contribution in [0.2, 0.25) is 0 Å². The van der Waals surface area contributed by atoms with Gasteiger partial charge < -0.3 is 5.32 Å². The molecule has 1 aliphatic heterocycles. The number of allylic oxidation sites excluding steroid dienone is 2.